The molecule has 6 heterocycles. The predicted octanol–water partition coefficient (Wildman–Crippen LogP) is 5.60. The number of halogens is 1. The number of hydrogen-bond acceptors (Lipinski definition) is 7. The van der Waals surface area contributed by atoms with Gasteiger partial charge in [0.05, 0.1) is 18.3 Å². The minimum absolute atomic E-state index is 0.0227. The molecule has 2 N–H and O–H groups in total. The molecule has 0 bridgehead atoms. The number of benzene rings is 2. The van der Waals surface area contributed by atoms with E-state index < -0.39 is 5.82 Å². The fourth-order valence-corrected chi connectivity index (χ4v) is 7.27. The Morgan fingerprint density at radius 3 is 2.63 bits per heavy atom. The van der Waals surface area contributed by atoms with Crippen LogP contribution in [0, 0.1) is 17.1 Å². The van der Waals surface area contributed by atoms with E-state index in [4.69, 9.17) is 4.74 Å². The van der Waals surface area contributed by atoms with Gasteiger partial charge in [-0.15, -0.1) is 0 Å². The number of para-hydroxylation sites is 1. The third-order valence-corrected chi connectivity index (χ3v) is 9.97. The van der Waals surface area contributed by atoms with Crippen molar-refractivity contribution in [2.24, 2.45) is 0 Å². The van der Waals surface area contributed by atoms with Crippen LogP contribution in [0.4, 0.5) is 10.1 Å². The van der Waals surface area contributed by atoms with Gasteiger partial charge in [0.15, 0.2) is 11.5 Å². The van der Waals surface area contributed by atoms with Crippen LogP contribution in [-0.2, 0) is 11.3 Å². The van der Waals surface area contributed by atoms with Crippen molar-refractivity contribution in [2.45, 2.75) is 19.4 Å². The van der Waals surface area contributed by atoms with Crippen molar-refractivity contribution >= 4 is 45.0 Å². The van der Waals surface area contributed by atoms with E-state index in [0.717, 1.165) is 16.6 Å². The molecule has 2 amide bonds. The van der Waals surface area contributed by atoms with E-state index in [2.05, 4.69) is 31.0 Å². The number of amides is 2. The van der Waals surface area contributed by atoms with Crippen molar-refractivity contribution in [3.63, 3.8) is 0 Å². The topological polar surface area (TPSA) is 139 Å². The molecule has 12 nitrogen and oxygen atoms in total. The lowest BCUT2D eigenvalue weighted by molar-refractivity contribution is -0.131. The van der Waals surface area contributed by atoms with Crippen LogP contribution in [0.25, 0.3) is 38.6 Å². The number of ether oxygens (including phenoxy) is 1. The molecule has 0 atom stereocenters. The Labute approximate surface area is 298 Å². The normalized spacial score (nSPS) is 14.9. The van der Waals surface area contributed by atoms with Crippen LogP contribution in [0.3, 0.4) is 0 Å². The first kappa shape index (κ1) is 32.8. The summed E-state index contributed by atoms with van der Waals surface area (Å²) >= 11 is 0. The van der Waals surface area contributed by atoms with Crippen molar-refractivity contribution < 1.29 is 18.7 Å². The first-order chi connectivity index (χ1) is 25.4. The number of H-pyrrole nitrogens is 2. The zero-order chi connectivity index (χ0) is 35.8. The van der Waals surface area contributed by atoms with Crippen molar-refractivity contribution in [1.29, 1.82) is 5.26 Å². The Kier molecular flexibility index (Phi) is 8.64. The standard InChI is InChI=1S/C39H36FN9O3/c1-52-34-8-3-2-7-27(34)29-21-28(26-6-4-13-48(24-26)35(50)10-15-49-14-5-11-43-49)36(40)37-30(29)22-31(44-37)39(51)47-18-16-46(17-19-47)33-20-25-9-12-42-38(25)45-32(33)23-41/h2-3,5-9,11-12,14,20-22,44H,4,10,13,15-19,24H2,1H3,(H,42,45). The highest BCUT2D eigenvalue weighted by Crippen LogP contribution is 2.40. The molecule has 0 radical (unpaired) electrons. The number of rotatable bonds is 8. The van der Waals surface area contributed by atoms with Gasteiger partial charge in [0, 0.05) is 92.7 Å². The first-order valence-electron chi connectivity index (χ1n) is 17.3. The van der Waals surface area contributed by atoms with Gasteiger partial charge in [-0.05, 0) is 54.0 Å². The van der Waals surface area contributed by atoms with Crippen molar-refractivity contribution in [3.05, 3.63) is 102 Å². The van der Waals surface area contributed by atoms with Gasteiger partial charge < -0.3 is 29.4 Å². The maximum Gasteiger partial charge on any atom is 0.270 e. The largest absolute Gasteiger partial charge is 0.496 e. The lowest BCUT2D eigenvalue weighted by Crippen LogP contribution is -2.49. The van der Waals surface area contributed by atoms with E-state index in [1.165, 1.54) is 0 Å². The second-order valence-corrected chi connectivity index (χ2v) is 13.0. The highest BCUT2D eigenvalue weighted by atomic mass is 19.1. The Morgan fingerprint density at radius 2 is 1.85 bits per heavy atom. The predicted molar refractivity (Wildman–Crippen MR) is 195 cm³/mol. The maximum atomic E-state index is 16.7. The molecule has 0 spiro atoms. The summed E-state index contributed by atoms with van der Waals surface area (Å²) in [5.41, 5.74) is 4.75. The second-order valence-electron chi connectivity index (χ2n) is 13.0. The molecule has 0 saturated carbocycles. The number of fused-ring (bicyclic) bond motifs is 2. The summed E-state index contributed by atoms with van der Waals surface area (Å²) in [5, 5.41) is 15.4. The van der Waals surface area contributed by atoms with Gasteiger partial charge in [-0.25, -0.2) is 9.37 Å². The number of aromatic amines is 2. The van der Waals surface area contributed by atoms with Crippen LogP contribution >= 0.6 is 0 Å². The Bertz CT molecular complexity index is 2380. The smallest absolute Gasteiger partial charge is 0.270 e. The van der Waals surface area contributed by atoms with Crippen LogP contribution in [0.1, 0.15) is 34.6 Å². The van der Waals surface area contributed by atoms with E-state index in [1.54, 1.807) is 40.1 Å². The number of hydrogen-bond donors (Lipinski definition) is 2. The summed E-state index contributed by atoms with van der Waals surface area (Å²) in [4.78, 5) is 43.5. The summed E-state index contributed by atoms with van der Waals surface area (Å²) in [5.74, 6) is -0.131. The van der Waals surface area contributed by atoms with Gasteiger partial charge in [0.1, 0.15) is 23.2 Å². The average molecular weight is 698 g/mol. The molecule has 2 aromatic carbocycles. The number of methoxy groups -OCH3 is 1. The minimum Gasteiger partial charge on any atom is -0.496 e. The Hall–Kier alpha value is -6.42. The highest BCUT2D eigenvalue weighted by molar-refractivity contribution is 6.05. The number of carbonyl (C=O) groups is 2. The number of nitrogens with one attached hydrogen (secondary N) is 2. The number of nitrogens with zero attached hydrogens (tertiary/aromatic N) is 7. The third kappa shape index (κ3) is 6.02. The molecule has 8 rings (SSSR count). The lowest BCUT2D eigenvalue weighted by atomic mass is 9.93. The molecule has 52 heavy (non-hydrogen) atoms. The Balaban J connectivity index is 1.09. The monoisotopic (exact) mass is 697 g/mol. The van der Waals surface area contributed by atoms with Crippen molar-refractivity contribution in [2.75, 3.05) is 51.3 Å². The zero-order valence-corrected chi connectivity index (χ0v) is 28.6. The van der Waals surface area contributed by atoms with E-state index in [0.29, 0.717) is 84.9 Å². The summed E-state index contributed by atoms with van der Waals surface area (Å²) in [6, 6.07) is 18.9. The molecule has 13 heteroatoms. The molecule has 0 unspecified atom stereocenters. The molecule has 1 fully saturated rings. The quantitative estimate of drug-likeness (QED) is 0.211. The summed E-state index contributed by atoms with van der Waals surface area (Å²) in [6.07, 6.45) is 8.16. The Morgan fingerprint density at radius 1 is 1.00 bits per heavy atom. The zero-order valence-electron chi connectivity index (χ0n) is 28.6. The van der Waals surface area contributed by atoms with Gasteiger partial charge in [0.2, 0.25) is 5.91 Å². The van der Waals surface area contributed by atoms with Crippen LogP contribution < -0.4 is 9.64 Å². The molecule has 4 aromatic heterocycles. The molecular formula is C39H36FN9O3. The van der Waals surface area contributed by atoms with E-state index in [1.807, 2.05) is 60.8 Å². The first-order valence-corrected chi connectivity index (χ1v) is 17.3. The lowest BCUT2D eigenvalue weighted by Gasteiger charge is -2.36. The summed E-state index contributed by atoms with van der Waals surface area (Å²) < 4.78 is 24.2. The van der Waals surface area contributed by atoms with Gasteiger partial charge in [0.25, 0.3) is 5.91 Å². The van der Waals surface area contributed by atoms with Crippen LogP contribution in [0.2, 0.25) is 0 Å². The van der Waals surface area contributed by atoms with Gasteiger partial charge in [-0.3, -0.25) is 14.3 Å². The van der Waals surface area contributed by atoms with Gasteiger partial charge in [-0.2, -0.15) is 10.4 Å². The molecule has 2 aliphatic rings. The maximum absolute atomic E-state index is 16.7. The number of aryl methyl sites for hydroxylation is 1. The fraction of sp³-hybridized carbons (Fsp3) is 0.256. The number of carbonyl (C=O) groups excluding carboxylic acids is 2. The molecule has 262 valence electrons. The molecule has 1 saturated heterocycles. The van der Waals surface area contributed by atoms with Crippen LogP contribution in [0.5, 0.6) is 5.75 Å². The molecule has 2 aliphatic heterocycles. The highest BCUT2D eigenvalue weighted by Gasteiger charge is 2.29. The number of pyridine rings is 1. The second kappa shape index (κ2) is 13.7. The van der Waals surface area contributed by atoms with Crippen LogP contribution in [-0.4, -0.2) is 92.7 Å². The van der Waals surface area contributed by atoms with Crippen molar-refractivity contribution in [3.8, 4) is 22.9 Å². The van der Waals surface area contributed by atoms with Gasteiger partial charge in [-0.1, -0.05) is 24.3 Å². The molecular weight excluding hydrogens is 661 g/mol. The average Bonchev–Trinajstić information content (AvgIpc) is 3.98. The van der Waals surface area contributed by atoms with E-state index in [-0.39, 0.29) is 36.0 Å². The third-order valence-electron chi connectivity index (χ3n) is 9.97. The number of anilines is 1. The summed E-state index contributed by atoms with van der Waals surface area (Å²) in [6.45, 7) is 3.12. The SMILES string of the molecule is COc1ccccc1-c1cc(C2=CCCN(C(=O)CCn3cccn3)C2)c(F)c2[nH]c(C(=O)N3CCN(c4cc5cc[nH]c5nc4C#N)CC3)cc12. The molecule has 6 aromatic rings. The number of aromatic nitrogens is 5. The number of nitriles is 1. The fourth-order valence-electron chi connectivity index (χ4n) is 7.27. The molecule has 0 aliphatic carbocycles. The summed E-state index contributed by atoms with van der Waals surface area (Å²) in [7, 11) is 1.59. The number of piperazine rings is 1. The van der Waals surface area contributed by atoms with E-state index >= 15 is 4.39 Å². The van der Waals surface area contributed by atoms with E-state index in [9.17, 15) is 14.9 Å². The van der Waals surface area contributed by atoms with Crippen LogP contribution in [0.15, 0.2) is 79.3 Å². The van der Waals surface area contributed by atoms with Gasteiger partial charge >= 0.3 is 0 Å². The minimum atomic E-state index is -0.480. The van der Waals surface area contributed by atoms with Crippen molar-refractivity contribution in [1.82, 2.24) is 34.5 Å².